The van der Waals surface area contributed by atoms with E-state index in [9.17, 15) is 4.79 Å². The lowest BCUT2D eigenvalue weighted by molar-refractivity contribution is 0.1000. The fraction of sp³-hybridized carbons (Fsp3) is 0.370. The SMILES string of the molecule is CCCCCc1c(-c2ccc(OC)c(C)c2)c(C(N)=O)c(C)n1Cc1ccc2c(c1)OCO2. The summed E-state index contributed by atoms with van der Waals surface area (Å²) in [5.74, 6) is 1.94. The number of carbonyl (C=O) groups excluding carboxylic acids is 1. The number of aromatic nitrogens is 1. The van der Waals surface area contributed by atoms with Gasteiger partial charge in [-0.25, -0.2) is 0 Å². The van der Waals surface area contributed by atoms with Crippen LogP contribution in [0, 0.1) is 13.8 Å². The first-order valence-electron chi connectivity index (χ1n) is 11.5. The van der Waals surface area contributed by atoms with Crippen LogP contribution in [0.2, 0.25) is 0 Å². The fourth-order valence-electron chi connectivity index (χ4n) is 4.68. The Morgan fingerprint density at radius 1 is 1.09 bits per heavy atom. The minimum absolute atomic E-state index is 0.246. The third-order valence-electron chi connectivity index (χ3n) is 6.36. The zero-order valence-electron chi connectivity index (χ0n) is 19.9. The number of rotatable bonds is 9. The molecular formula is C27H32N2O4. The van der Waals surface area contributed by atoms with Crippen molar-refractivity contribution in [3.63, 3.8) is 0 Å². The molecule has 0 bridgehead atoms. The predicted molar refractivity (Wildman–Crippen MR) is 129 cm³/mol. The number of amides is 1. The minimum atomic E-state index is -0.405. The van der Waals surface area contributed by atoms with Crippen molar-refractivity contribution in [3.05, 3.63) is 64.5 Å². The number of unbranched alkanes of at least 4 members (excludes halogenated alkanes) is 2. The molecule has 3 aromatic rings. The lowest BCUT2D eigenvalue weighted by atomic mass is 9.96. The van der Waals surface area contributed by atoms with Gasteiger partial charge in [0, 0.05) is 23.5 Å². The van der Waals surface area contributed by atoms with Crippen molar-refractivity contribution >= 4 is 5.91 Å². The molecule has 1 amide bonds. The molecule has 0 atom stereocenters. The maximum absolute atomic E-state index is 12.7. The first-order valence-corrected chi connectivity index (χ1v) is 11.5. The summed E-state index contributed by atoms with van der Waals surface area (Å²) in [7, 11) is 1.67. The van der Waals surface area contributed by atoms with Gasteiger partial charge in [0.1, 0.15) is 5.75 Å². The Balaban J connectivity index is 1.85. The summed E-state index contributed by atoms with van der Waals surface area (Å²) in [5.41, 5.74) is 12.6. The number of hydrogen-bond donors (Lipinski definition) is 1. The number of primary amides is 1. The van der Waals surface area contributed by atoms with Crippen molar-refractivity contribution in [2.45, 2.75) is 53.0 Å². The Kier molecular flexibility index (Phi) is 6.63. The van der Waals surface area contributed by atoms with Crippen molar-refractivity contribution in [3.8, 4) is 28.4 Å². The number of fused-ring (bicyclic) bond motifs is 1. The van der Waals surface area contributed by atoms with Gasteiger partial charge < -0.3 is 24.5 Å². The number of ether oxygens (including phenoxy) is 3. The molecule has 0 aliphatic carbocycles. The van der Waals surface area contributed by atoms with Crippen LogP contribution >= 0.6 is 0 Å². The summed E-state index contributed by atoms with van der Waals surface area (Å²) in [4.78, 5) is 12.7. The van der Waals surface area contributed by atoms with Crippen LogP contribution in [0.25, 0.3) is 11.1 Å². The van der Waals surface area contributed by atoms with E-state index in [0.29, 0.717) is 12.1 Å². The second-order valence-corrected chi connectivity index (χ2v) is 8.56. The molecule has 1 aliphatic heterocycles. The van der Waals surface area contributed by atoms with Crippen LogP contribution in [0.4, 0.5) is 0 Å². The number of nitrogens with two attached hydrogens (primary N) is 1. The van der Waals surface area contributed by atoms with Crippen LogP contribution in [0.15, 0.2) is 36.4 Å². The molecule has 33 heavy (non-hydrogen) atoms. The summed E-state index contributed by atoms with van der Waals surface area (Å²) in [6.07, 6.45) is 4.16. The molecule has 0 fully saturated rings. The second-order valence-electron chi connectivity index (χ2n) is 8.56. The Morgan fingerprint density at radius 3 is 2.58 bits per heavy atom. The van der Waals surface area contributed by atoms with Crippen LogP contribution in [0.1, 0.15) is 59.1 Å². The summed E-state index contributed by atoms with van der Waals surface area (Å²) in [6.45, 7) is 7.06. The molecule has 1 aromatic heterocycles. The zero-order chi connectivity index (χ0) is 23.5. The quantitative estimate of drug-likeness (QED) is 0.445. The van der Waals surface area contributed by atoms with Gasteiger partial charge in [0.15, 0.2) is 11.5 Å². The predicted octanol–water partition coefficient (Wildman–Crippen LogP) is 5.39. The van der Waals surface area contributed by atoms with E-state index < -0.39 is 5.91 Å². The standard InChI is InChI=1S/C27H32N2O4/c1-5-6-7-8-21-26(20-10-12-22(31-4)17(2)13-20)25(27(28)30)18(3)29(21)15-19-9-11-23-24(14-19)33-16-32-23/h9-14H,5-8,15-16H2,1-4H3,(H2,28,30). The van der Waals surface area contributed by atoms with Crippen molar-refractivity contribution < 1.29 is 19.0 Å². The van der Waals surface area contributed by atoms with E-state index in [1.807, 2.05) is 44.2 Å². The highest BCUT2D eigenvalue weighted by Gasteiger charge is 2.25. The van der Waals surface area contributed by atoms with Gasteiger partial charge in [0.2, 0.25) is 6.79 Å². The molecule has 1 aliphatic rings. The molecule has 2 N–H and O–H groups in total. The normalized spacial score (nSPS) is 12.2. The highest BCUT2D eigenvalue weighted by atomic mass is 16.7. The third kappa shape index (κ3) is 4.42. The van der Waals surface area contributed by atoms with E-state index in [4.69, 9.17) is 19.9 Å². The van der Waals surface area contributed by atoms with Crippen molar-refractivity contribution in [1.82, 2.24) is 4.57 Å². The maximum Gasteiger partial charge on any atom is 0.251 e. The number of methoxy groups -OCH3 is 1. The summed E-state index contributed by atoms with van der Waals surface area (Å²) in [5, 5.41) is 0. The van der Waals surface area contributed by atoms with Gasteiger partial charge in [-0.3, -0.25) is 4.79 Å². The molecule has 0 saturated carbocycles. The molecule has 0 radical (unpaired) electrons. The summed E-state index contributed by atoms with van der Waals surface area (Å²) in [6, 6.07) is 12.0. The highest BCUT2D eigenvalue weighted by molar-refractivity contribution is 6.02. The van der Waals surface area contributed by atoms with E-state index in [1.165, 1.54) is 0 Å². The number of benzene rings is 2. The van der Waals surface area contributed by atoms with E-state index in [1.54, 1.807) is 7.11 Å². The minimum Gasteiger partial charge on any atom is -0.496 e. The van der Waals surface area contributed by atoms with E-state index >= 15 is 0 Å². The monoisotopic (exact) mass is 448 g/mol. The summed E-state index contributed by atoms with van der Waals surface area (Å²) < 4.78 is 18.7. The van der Waals surface area contributed by atoms with Gasteiger partial charge in [-0.2, -0.15) is 0 Å². The zero-order valence-corrected chi connectivity index (χ0v) is 19.9. The molecule has 2 heterocycles. The van der Waals surface area contributed by atoms with E-state index in [-0.39, 0.29) is 6.79 Å². The molecule has 4 rings (SSSR count). The van der Waals surface area contributed by atoms with Crippen LogP contribution in [-0.2, 0) is 13.0 Å². The molecule has 0 saturated heterocycles. The first-order chi connectivity index (χ1) is 15.9. The van der Waals surface area contributed by atoms with Crippen LogP contribution in [-0.4, -0.2) is 24.4 Å². The van der Waals surface area contributed by atoms with E-state index in [2.05, 4.69) is 17.6 Å². The lowest BCUT2D eigenvalue weighted by Gasteiger charge is -2.15. The Labute approximate surface area is 195 Å². The van der Waals surface area contributed by atoms with Gasteiger partial charge in [-0.1, -0.05) is 31.9 Å². The van der Waals surface area contributed by atoms with Crippen LogP contribution in [0.5, 0.6) is 17.2 Å². The number of aryl methyl sites for hydroxylation is 1. The Hall–Kier alpha value is -3.41. The van der Waals surface area contributed by atoms with Gasteiger partial charge >= 0.3 is 0 Å². The van der Waals surface area contributed by atoms with Gasteiger partial charge in [0.25, 0.3) is 5.91 Å². The average Bonchev–Trinajstić information content (AvgIpc) is 3.36. The number of hydrogen-bond acceptors (Lipinski definition) is 4. The second kappa shape index (κ2) is 9.61. The van der Waals surface area contributed by atoms with Gasteiger partial charge in [-0.15, -0.1) is 0 Å². The van der Waals surface area contributed by atoms with Gasteiger partial charge in [-0.05, 0) is 67.6 Å². The van der Waals surface area contributed by atoms with Crippen LogP contribution < -0.4 is 19.9 Å². The molecular weight excluding hydrogens is 416 g/mol. The molecule has 6 heteroatoms. The lowest BCUT2D eigenvalue weighted by Crippen LogP contribution is -2.13. The number of nitrogens with zero attached hydrogens (tertiary/aromatic N) is 1. The highest BCUT2D eigenvalue weighted by Crippen LogP contribution is 2.37. The largest absolute Gasteiger partial charge is 0.496 e. The van der Waals surface area contributed by atoms with Crippen LogP contribution in [0.3, 0.4) is 0 Å². The molecule has 6 nitrogen and oxygen atoms in total. The van der Waals surface area contributed by atoms with Gasteiger partial charge in [0.05, 0.1) is 12.7 Å². The fourth-order valence-corrected chi connectivity index (χ4v) is 4.68. The van der Waals surface area contributed by atoms with Crippen molar-refractivity contribution in [2.24, 2.45) is 5.73 Å². The molecule has 0 unspecified atom stereocenters. The Bertz CT molecular complexity index is 1180. The third-order valence-corrected chi connectivity index (χ3v) is 6.36. The van der Waals surface area contributed by atoms with Crippen molar-refractivity contribution in [2.75, 3.05) is 13.9 Å². The molecule has 0 spiro atoms. The smallest absolute Gasteiger partial charge is 0.251 e. The Morgan fingerprint density at radius 2 is 1.88 bits per heavy atom. The molecule has 2 aromatic carbocycles. The van der Waals surface area contributed by atoms with Crippen molar-refractivity contribution in [1.29, 1.82) is 0 Å². The topological polar surface area (TPSA) is 75.7 Å². The molecule has 174 valence electrons. The van der Waals surface area contributed by atoms with E-state index in [0.717, 1.165) is 76.6 Å². The maximum atomic E-state index is 12.7. The first kappa shape index (κ1) is 22.8. The number of carbonyl (C=O) groups is 1. The average molecular weight is 449 g/mol. The summed E-state index contributed by atoms with van der Waals surface area (Å²) >= 11 is 0.